The number of benzene rings is 8. The van der Waals surface area contributed by atoms with Gasteiger partial charge in [0.05, 0.1) is 0 Å². The van der Waals surface area contributed by atoms with Crippen molar-refractivity contribution in [1.82, 2.24) is 0 Å². The molecule has 0 aliphatic heterocycles. The molecule has 8 rings (SSSR count). The lowest BCUT2D eigenvalue weighted by atomic mass is 9.93. The smallest absolute Gasteiger partial charge is 0.00196 e. The van der Waals surface area contributed by atoms with E-state index in [0.29, 0.717) is 0 Å². The van der Waals surface area contributed by atoms with Gasteiger partial charge in [0.2, 0.25) is 0 Å². The quantitative estimate of drug-likeness (QED) is 0.159. The molecule has 0 aliphatic rings. The Morgan fingerprint density at radius 3 is 0.917 bits per heavy atom. The van der Waals surface area contributed by atoms with E-state index in [1.54, 1.807) is 0 Å². The molecule has 0 nitrogen and oxygen atoms in total. The maximum absolute atomic E-state index is 2.31. The predicted molar refractivity (Wildman–Crippen MR) is 205 cm³/mol. The molecular weight excluding hydrogens is 577 g/mol. The molecule has 0 saturated carbocycles. The SMILES string of the molecule is c1ccc(Cc2ccc3cc(Cc4ccccc4)ccc3c2)cc1.c1ccc(Cc2cccc3c(Cc4ccccc4)cccc23)cc1. The van der Waals surface area contributed by atoms with Crippen molar-refractivity contribution >= 4 is 21.5 Å². The van der Waals surface area contributed by atoms with E-state index < -0.39 is 0 Å². The van der Waals surface area contributed by atoms with Crippen LogP contribution in [0.4, 0.5) is 0 Å². The molecule has 8 aromatic carbocycles. The lowest BCUT2D eigenvalue weighted by Gasteiger charge is -2.11. The Hall–Kier alpha value is -5.72. The molecule has 0 saturated heterocycles. The highest BCUT2D eigenvalue weighted by Gasteiger charge is 2.07. The molecule has 232 valence electrons. The minimum atomic E-state index is 0.979. The first-order valence-electron chi connectivity index (χ1n) is 16.9. The van der Waals surface area contributed by atoms with E-state index in [1.807, 2.05) is 0 Å². The fourth-order valence-electron chi connectivity index (χ4n) is 6.61. The van der Waals surface area contributed by atoms with Gasteiger partial charge in [-0.1, -0.05) is 194 Å². The van der Waals surface area contributed by atoms with Crippen molar-refractivity contribution in [3.8, 4) is 0 Å². The first-order valence-corrected chi connectivity index (χ1v) is 16.9. The first kappa shape index (κ1) is 30.9. The molecule has 0 fully saturated rings. The second kappa shape index (κ2) is 15.2. The molecule has 0 heteroatoms. The maximum Gasteiger partial charge on any atom is -0.00196 e. The molecule has 0 atom stereocenters. The summed E-state index contributed by atoms with van der Waals surface area (Å²) < 4.78 is 0. The topological polar surface area (TPSA) is 0 Å². The molecule has 0 N–H and O–H groups in total. The Morgan fingerprint density at radius 1 is 0.229 bits per heavy atom. The summed E-state index contributed by atoms with van der Waals surface area (Å²) in [5, 5.41) is 5.38. The molecule has 48 heavy (non-hydrogen) atoms. The van der Waals surface area contributed by atoms with Gasteiger partial charge in [0.15, 0.2) is 0 Å². The molecule has 0 amide bonds. The van der Waals surface area contributed by atoms with Crippen LogP contribution in [0.2, 0.25) is 0 Å². The molecule has 0 spiro atoms. The zero-order valence-electron chi connectivity index (χ0n) is 27.3. The van der Waals surface area contributed by atoms with Crippen molar-refractivity contribution in [3.63, 3.8) is 0 Å². The number of hydrogen-bond acceptors (Lipinski definition) is 0. The van der Waals surface area contributed by atoms with Crippen LogP contribution in [0.1, 0.15) is 44.5 Å². The summed E-state index contributed by atoms with van der Waals surface area (Å²) in [6.45, 7) is 0. The average molecular weight is 617 g/mol. The molecule has 0 heterocycles. The van der Waals surface area contributed by atoms with Gasteiger partial charge in [0.1, 0.15) is 0 Å². The molecule has 0 aliphatic carbocycles. The van der Waals surface area contributed by atoms with Crippen molar-refractivity contribution in [2.45, 2.75) is 25.7 Å². The first-order chi connectivity index (χ1) is 23.8. The number of hydrogen-bond donors (Lipinski definition) is 0. The van der Waals surface area contributed by atoms with Crippen LogP contribution in [0, 0.1) is 0 Å². The summed E-state index contributed by atoms with van der Waals surface area (Å²) in [7, 11) is 0. The van der Waals surface area contributed by atoms with E-state index in [0.717, 1.165) is 25.7 Å². The van der Waals surface area contributed by atoms with Crippen LogP contribution in [0.15, 0.2) is 194 Å². The van der Waals surface area contributed by atoms with Gasteiger partial charge in [0, 0.05) is 0 Å². The summed E-state index contributed by atoms with van der Waals surface area (Å²) in [5.74, 6) is 0. The van der Waals surface area contributed by atoms with Crippen molar-refractivity contribution < 1.29 is 0 Å². The normalized spacial score (nSPS) is 10.8. The van der Waals surface area contributed by atoms with Crippen molar-refractivity contribution in [1.29, 1.82) is 0 Å². The minimum absolute atomic E-state index is 0.979. The Kier molecular flexibility index (Phi) is 9.82. The summed E-state index contributed by atoms with van der Waals surface area (Å²) in [6, 6.07) is 69.7. The van der Waals surface area contributed by atoms with Gasteiger partial charge in [-0.05, 0) is 91.7 Å². The van der Waals surface area contributed by atoms with E-state index in [2.05, 4.69) is 194 Å². The van der Waals surface area contributed by atoms with Gasteiger partial charge >= 0.3 is 0 Å². The van der Waals surface area contributed by atoms with Crippen LogP contribution in [-0.4, -0.2) is 0 Å². The Labute approximate surface area is 285 Å². The van der Waals surface area contributed by atoms with Crippen LogP contribution >= 0.6 is 0 Å². The fourth-order valence-corrected chi connectivity index (χ4v) is 6.61. The summed E-state index contributed by atoms with van der Waals surface area (Å²) in [5.41, 5.74) is 11.0. The fraction of sp³-hybridized carbons (Fsp3) is 0.0833. The van der Waals surface area contributed by atoms with E-state index in [-0.39, 0.29) is 0 Å². The summed E-state index contributed by atoms with van der Waals surface area (Å²) in [6.07, 6.45) is 3.94. The maximum atomic E-state index is 2.31. The van der Waals surface area contributed by atoms with Gasteiger partial charge in [-0.25, -0.2) is 0 Å². The lowest BCUT2D eigenvalue weighted by molar-refractivity contribution is 1.19. The highest BCUT2D eigenvalue weighted by molar-refractivity contribution is 5.89. The number of rotatable bonds is 8. The van der Waals surface area contributed by atoms with Crippen molar-refractivity contribution in [2.75, 3.05) is 0 Å². The van der Waals surface area contributed by atoms with E-state index in [4.69, 9.17) is 0 Å². The van der Waals surface area contributed by atoms with Gasteiger partial charge in [-0.2, -0.15) is 0 Å². The largest absolute Gasteiger partial charge is 0.0622 e. The number of fused-ring (bicyclic) bond motifs is 2. The van der Waals surface area contributed by atoms with Crippen LogP contribution in [-0.2, 0) is 25.7 Å². The standard InChI is InChI=1S/2C24H20/c1-3-9-19(10-4-1)17-21-13-7-16-24-22(14-8-15-23(21)24)18-20-11-5-2-6-12-20;1-3-7-19(8-4-1)15-21-11-13-24-18-22(12-14-23(24)17-21)16-20-9-5-2-6-10-20/h1-16H,17-18H2;1-14,17-18H,15-16H2. The van der Waals surface area contributed by atoms with Crippen molar-refractivity contribution in [3.05, 3.63) is 239 Å². The molecule has 0 aromatic heterocycles. The second-order valence-corrected chi connectivity index (χ2v) is 12.6. The van der Waals surface area contributed by atoms with E-state index in [9.17, 15) is 0 Å². The van der Waals surface area contributed by atoms with Gasteiger partial charge in [0.25, 0.3) is 0 Å². The van der Waals surface area contributed by atoms with Crippen LogP contribution in [0.3, 0.4) is 0 Å². The van der Waals surface area contributed by atoms with E-state index >= 15 is 0 Å². The van der Waals surface area contributed by atoms with Gasteiger partial charge < -0.3 is 0 Å². The minimum Gasteiger partial charge on any atom is -0.0622 e. The average Bonchev–Trinajstić information content (AvgIpc) is 3.14. The lowest BCUT2D eigenvalue weighted by Crippen LogP contribution is -1.93. The predicted octanol–water partition coefficient (Wildman–Crippen LogP) is 12.0. The van der Waals surface area contributed by atoms with Crippen LogP contribution < -0.4 is 0 Å². The molecule has 8 aromatic rings. The molecular formula is C48H40. The highest BCUT2D eigenvalue weighted by Crippen LogP contribution is 2.26. The second-order valence-electron chi connectivity index (χ2n) is 12.6. The summed E-state index contributed by atoms with van der Waals surface area (Å²) in [4.78, 5) is 0. The van der Waals surface area contributed by atoms with Gasteiger partial charge in [-0.3, -0.25) is 0 Å². The van der Waals surface area contributed by atoms with Gasteiger partial charge in [-0.15, -0.1) is 0 Å². The Balaban J connectivity index is 0.000000152. The Morgan fingerprint density at radius 2 is 0.562 bits per heavy atom. The van der Waals surface area contributed by atoms with Crippen LogP contribution in [0.5, 0.6) is 0 Å². The monoisotopic (exact) mass is 616 g/mol. The van der Waals surface area contributed by atoms with Crippen molar-refractivity contribution in [2.24, 2.45) is 0 Å². The molecule has 0 radical (unpaired) electrons. The zero-order chi connectivity index (χ0) is 32.4. The zero-order valence-corrected chi connectivity index (χ0v) is 27.3. The molecule has 0 unspecified atom stereocenters. The molecule has 0 bridgehead atoms. The third-order valence-corrected chi connectivity index (χ3v) is 9.05. The van der Waals surface area contributed by atoms with Crippen LogP contribution in [0.25, 0.3) is 21.5 Å². The highest BCUT2D eigenvalue weighted by atomic mass is 14.1. The Bertz CT molecular complexity index is 2040. The van der Waals surface area contributed by atoms with E-state index in [1.165, 1.54) is 66.1 Å². The third kappa shape index (κ3) is 7.97. The summed E-state index contributed by atoms with van der Waals surface area (Å²) >= 11 is 0. The third-order valence-electron chi connectivity index (χ3n) is 9.05.